The normalized spacial score (nSPS) is 17.9. The van der Waals surface area contributed by atoms with Crippen molar-refractivity contribution in [3.05, 3.63) is 28.2 Å². The van der Waals surface area contributed by atoms with Gasteiger partial charge in [0.2, 0.25) is 0 Å². The Balaban J connectivity index is 2.10. The third-order valence-corrected chi connectivity index (χ3v) is 3.64. The number of nitrogens with one attached hydrogen (secondary N) is 1. The molecule has 1 aromatic carbocycles. The van der Waals surface area contributed by atoms with Crippen LogP contribution in [0.4, 0.5) is 10.5 Å². The molecule has 1 saturated heterocycles. The van der Waals surface area contributed by atoms with E-state index in [1.54, 1.807) is 6.07 Å². The third-order valence-electron chi connectivity index (χ3n) is 2.95. The van der Waals surface area contributed by atoms with Crippen molar-refractivity contribution in [2.45, 2.75) is 6.10 Å². The zero-order valence-electron chi connectivity index (χ0n) is 10.9. The lowest BCUT2D eigenvalue weighted by Gasteiger charge is -2.29. The first-order valence-electron chi connectivity index (χ1n) is 6.11. The number of nitriles is 1. The molecule has 0 aromatic heterocycles. The number of nitrogens with zero attached hydrogens (tertiary/aromatic N) is 2. The molecule has 0 spiro atoms. The van der Waals surface area contributed by atoms with Crippen LogP contribution < -0.4 is 5.32 Å². The number of urea groups is 1. The second-order valence-corrected chi connectivity index (χ2v) is 5.22. The first-order valence-corrected chi connectivity index (χ1v) is 6.90. The van der Waals surface area contributed by atoms with Crippen LogP contribution in [0.25, 0.3) is 0 Å². The van der Waals surface area contributed by atoms with Gasteiger partial charge in [-0.05, 0) is 34.1 Å². The minimum absolute atomic E-state index is 0.0744. The van der Waals surface area contributed by atoms with Crippen LogP contribution in [-0.2, 0) is 4.74 Å². The molecular formula is C13H12BrN3O4. The maximum absolute atomic E-state index is 12.1. The zero-order valence-corrected chi connectivity index (χ0v) is 12.5. The second kappa shape index (κ2) is 6.56. The highest BCUT2D eigenvalue weighted by Gasteiger charge is 2.24. The molecule has 0 radical (unpaired) electrons. The van der Waals surface area contributed by atoms with Gasteiger partial charge in [0.15, 0.2) is 6.10 Å². The van der Waals surface area contributed by atoms with Crippen molar-refractivity contribution in [3.8, 4) is 6.07 Å². The number of anilines is 1. The fourth-order valence-corrected chi connectivity index (χ4v) is 2.21. The summed E-state index contributed by atoms with van der Waals surface area (Å²) in [6.07, 6.45) is -0.640. The molecule has 2 N–H and O–H groups in total. The summed E-state index contributed by atoms with van der Waals surface area (Å²) in [5.74, 6) is -1.08. The lowest BCUT2D eigenvalue weighted by atomic mass is 10.2. The molecule has 1 aliphatic heterocycles. The highest BCUT2D eigenvalue weighted by atomic mass is 79.9. The van der Waals surface area contributed by atoms with E-state index in [-0.39, 0.29) is 12.1 Å². The van der Waals surface area contributed by atoms with E-state index in [0.717, 1.165) is 0 Å². The molecule has 8 heteroatoms. The van der Waals surface area contributed by atoms with Gasteiger partial charge in [-0.2, -0.15) is 5.26 Å². The summed E-state index contributed by atoms with van der Waals surface area (Å²) in [5, 5.41) is 20.4. The van der Waals surface area contributed by atoms with E-state index < -0.39 is 18.1 Å². The van der Waals surface area contributed by atoms with E-state index in [9.17, 15) is 9.59 Å². The number of benzene rings is 1. The molecule has 0 saturated carbocycles. The minimum Gasteiger partial charge on any atom is -0.478 e. The summed E-state index contributed by atoms with van der Waals surface area (Å²) in [4.78, 5) is 24.5. The fraction of sp³-hybridized carbons (Fsp3) is 0.308. The molecule has 1 aromatic rings. The number of amides is 2. The molecule has 21 heavy (non-hydrogen) atoms. The minimum atomic E-state index is -1.08. The summed E-state index contributed by atoms with van der Waals surface area (Å²) in [6, 6.07) is 5.91. The summed E-state index contributed by atoms with van der Waals surface area (Å²) in [6.45, 7) is 0.848. The van der Waals surface area contributed by atoms with Gasteiger partial charge < -0.3 is 20.1 Å². The number of halogens is 1. The van der Waals surface area contributed by atoms with Crippen LogP contribution in [0.2, 0.25) is 0 Å². The van der Waals surface area contributed by atoms with Crippen molar-refractivity contribution in [2.24, 2.45) is 0 Å². The molecule has 2 amide bonds. The number of carboxylic acids is 1. The number of hydrogen-bond acceptors (Lipinski definition) is 4. The van der Waals surface area contributed by atoms with Crippen LogP contribution in [0, 0.1) is 11.3 Å². The van der Waals surface area contributed by atoms with Crippen molar-refractivity contribution >= 4 is 33.6 Å². The molecule has 2 rings (SSSR count). The van der Waals surface area contributed by atoms with Gasteiger partial charge in [-0.1, -0.05) is 0 Å². The fourth-order valence-electron chi connectivity index (χ4n) is 1.86. The van der Waals surface area contributed by atoms with E-state index in [4.69, 9.17) is 15.1 Å². The van der Waals surface area contributed by atoms with Gasteiger partial charge in [-0.25, -0.2) is 9.59 Å². The molecule has 1 aliphatic rings. The van der Waals surface area contributed by atoms with E-state index in [1.807, 2.05) is 6.07 Å². The van der Waals surface area contributed by atoms with Crippen LogP contribution in [0.3, 0.4) is 0 Å². The standard InChI is InChI=1S/C13H12BrN3O4/c14-10-2-1-8(12(18)19)5-11(10)16-13(20)17-3-4-21-9(6-15)7-17/h1-2,5,9H,3-4,7H2,(H,16,20)(H,18,19). The Hall–Kier alpha value is -2.11. The van der Waals surface area contributed by atoms with Gasteiger partial charge in [0.25, 0.3) is 0 Å². The van der Waals surface area contributed by atoms with Gasteiger partial charge in [0.1, 0.15) is 0 Å². The van der Waals surface area contributed by atoms with Crippen molar-refractivity contribution < 1.29 is 19.4 Å². The monoisotopic (exact) mass is 353 g/mol. The summed E-state index contributed by atoms with van der Waals surface area (Å²) in [5.41, 5.74) is 0.435. The molecule has 7 nitrogen and oxygen atoms in total. The third kappa shape index (κ3) is 3.71. The Morgan fingerprint density at radius 1 is 1.52 bits per heavy atom. The highest BCUT2D eigenvalue weighted by molar-refractivity contribution is 9.10. The van der Waals surface area contributed by atoms with Gasteiger partial charge in [0, 0.05) is 11.0 Å². The number of ether oxygens (including phenoxy) is 1. The molecule has 1 fully saturated rings. The number of rotatable bonds is 2. The molecule has 0 aliphatic carbocycles. The first kappa shape index (κ1) is 15.3. The van der Waals surface area contributed by atoms with Crippen LogP contribution in [0.5, 0.6) is 0 Å². The largest absolute Gasteiger partial charge is 0.478 e. The van der Waals surface area contributed by atoms with Crippen LogP contribution in [0.1, 0.15) is 10.4 Å². The zero-order chi connectivity index (χ0) is 15.4. The first-order chi connectivity index (χ1) is 10.0. The van der Waals surface area contributed by atoms with Crippen molar-refractivity contribution in [1.82, 2.24) is 4.90 Å². The smallest absolute Gasteiger partial charge is 0.335 e. The number of carboxylic acid groups (broad SMARTS) is 1. The molecule has 1 unspecified atom stereocenters. The van der Waals surface area contributed by atoms with Crippen molar-refractivity contribution in [1.29, 1.82) is 5.26 Å². The quantitative estimate of drug-likeness (QED) is 0.845. The lowest BCUT2D eigenvalue weighted by molar-refractivity contribution is 0.0181. The number of carbonyl (C=O) groups excluding carboxylic acids is 1. The Morgan fingerprint density at radius 2 is 2.29 bits per heavy atom. The van der Waals surface area contributed by atoms with Gasteiger partial charge in [-0.3, -0.25) is 0 Å². The summed E-state index contributed by atoms with van der Waals surface area (Å²) in [7, 11) is 0. The lowest BCUT2D eigenvalue weighted by Crippen LogP contribution is -2.46. The molecular weight excluding hydrogens is 342 g/mol. The maximum atomic E-state index is 12.1. The predicted molar refractivity (Wildman–Crippen MR) is 77.0 cm³/mol. The molecule has 0 bridgehead atoms. The van der Waals surface area contributed by atoms with Crippen molar-refractivity contribution in [3.63, 3.8) is 0 Å². The predicted octanol–water partition coefficient (Wildman–Crippen LogP) is 1.90. The number of morpholine rings is 1. The van der Waals surface area contributed by atoms with Crippen LogP contribution >= 0.6 is 15.9 Å². The Morgan fingerprint density at radius 3 is 2.95 bits per heavy atom. The molecule has 110 valence electrons. The Labute approximate surface area is 129 Å². The average Bonchev–Trinajstić information content (AvgIpc) is 2.49. The maximum Gasteiger partial charge on any atom is 0.335 e. The van der Waals surface area contributed by atoms with E-state index >= 15 is 0 Å². The van der Waals surface area contributed by atoms with Crippen molar-refractivity contribution in [2.75, 3.05) is 25.0 Å². The van der Waals surface area contributed by atoms with Gasteiger partial charge >= 0.3 is 12.0 Å². The topological polar surface area (TPSA) is 103 Å². The Kier molecular flexibility index (Phi) is 4.77. The number of aromatic carboxylic acids is 1. The number of carbonyl (C=O) groups is 2. The van der Waals surface area contributed by atoms with Crippen LogP contribution in [-0.4, -0.2) is 47.8 Å². The summed E-state index contributed by atoms with van der Waals surface area (Å²) >= 11 is 3.25. The number of hydrogen-bond donors (Lipinski definition) is 2. The van der Waals surface area contributed by atoms with Gasteiger partial charge in [-0.15, -0.1) is 0 Å². The van der Waals surface area contributed by atoms with E-state index in [2.05, 4.69) is 21.2 Å². The van der Waals surface area contributed by atoms with Gasteiger partial charge in [0.05, 0.1) is 30.5 Å². The summed E-state index contributed by atoms with van der Waals surface area (Å²) < 4.78 is 5.74. The second-order valence-electron chi connectivity index (χ2n) is 4.36. The molecule has 1 heterocycles. The Bertz CT molecular complexity index is 614. The highest BCUT2D eigenvalue weighted by Crippen LogP contribution is 2.24. The molecule has 1 atom stereocenters. The van der Waals surface area contributed by atoms with Crippen LogP contribution in [0.15, 0.2) is 22.7 Å². The van der Waals surface area contributed by atoms with E-state index in [0.29, 0.717) is 23.3 Å². The van der Waals surface area contributed by atoms with E-state index in [1.165, 1.54) is 17.0 Å². The average molecular weight is 354 g/mol. The SMILES string of the molecule is N#CC1CN(C(=O)Nc2cc(C(=O)O)ccc2Br)CCO1.